The lowest BCUT2D eigenvalue weighted by molar-refractivity contribution is -0.147. The van der Waals surface area contributed by atoms with Crippen molar-refractivity contribution >= 4 is 23.6 Å². The highest BCUT2D eigenvalue weighted by Crippen LogP contribution is 2.28. The Bertz CT molecular complexity index is 856. The minimum absolute atomic E-state index is 0.155. The maximum atomic E-state index is 13.7. The molecule has 172 valence electrons. The van der Waals surface area contributed by atoms with Crippen molar-refractivity contribution < 1.29 is 19.1 Å². The quantitative estimate of drug-likeness (QED) is 0.460. The first kappa shape index (κ1) is 23.7. The van der Waals surface area contributed by atoms with Crippen LogP contribution in [0.1, 0.15) is 41.7 Å². The highest BCUT2D eigenvalue weighted by atomic mass is 32.2. The molecule has 1 atom stereocenters. The van der Waals surface area contributed by atoms with E-state index in [0.717, 1.165) is 44.6 Å². The van der Waals surface area contributed by atoms with Crippen LogP contribution < -0.4 is 10.3 Å². The van der Waals surface area contributed by atoms with E-state index in [1.54, 1.807) is 9.47 Å². The number of fused-ring (bicyclic) bond motifs is 1. The van der Waals surface area contributed by atoms with Gasteiger partial charge in [-0.05, 0) is 44.2 Å². The van der Waals surface area contributed by atoms with E-state index in [2.05, 4.69) is 11.2 Å². The van der Waals surface area contributed by atoms with Crippen LogP contribution >= 0.6 is 11.8 Å². The molecule has 3 heterocycles. The standard InChI is InChI=1S/C22H33N3O5S/c1-29-18-15-19(26)24-13-12-23(9-6-14-31-3)11-8-16(24)20(18)21(27)25-10-5-4-7-17(25)22(28)30-2/h15,17H,4-14H2,1-3H3. The lowest BCUT2D eigenvalue weighted by atomic mass is 9.99. The fourth-order valence-electron chi connectivity index (χ4n) is 4.54. The Morgan fingerprint density at radius 2 is 1.97 bits per heavy atom. The van der Waals surface area contributed by atoms with Crippen molar-refractivity contribution in [2.45, 2.75) is 44.7 Å². The minimum Gasteiger partial charge on any atom is -0.496 e. The van der Waals surface area contributed by atoms with Crippen LogP contribution in [0.25, 0.3) is 0 Å². The number of rotatable bonds is 7. The van der Waals surface area contributed by atoms with Crippen LogP contribution in [-0.2, 0) is 22.5 Å². The molecule has 0 bridgehead atoms. The molecule has 1 aromatic heterocycles. The van der Waals surface area contributed by atoms with Crippen molar-refractivity contribution in [3.8, 4) is 5.75 Å². The van der Waals surface area contributed by atoms with Gasteiger partial charge in [0, 0.05) is 44.4 Å². The van der Waals surface area contributed by atoms with Crippen LogP contribution in [0.4, 0.5) is 0 Å². The lowest BCUT2D eigenvalue weighted by Crippen LogP contribution is -2.49. The summed E-state index contributed by atoms with van der Waals surface area (Å²) >= 11 is 1.83. The molecule has 1 unspecified atom stereocenters. The number of hydrogen-bond donors (Lipinski definition) is 0. The number of piperidine rings is 1. The first-order valence-corrected chi connectivity index (χ1v) is 12.3. The van der Waals surface area contributed by atoms with E-state index in [-0.39, 0.29) is 17.2 Å². The van der Waals surface area contributed by atoms with Gasteiger partial charge in [-0.15, -0.1) is 0 Å². The van der Waals surface area contributed by atoms with Crippen molar-refractivity contribution in [3.63, 3.8) is 0 Å². The molecule has 1 saturated heterocycles. The van der Waals surface area contributed by atoms with Crippen molar-refractivity contribution in [1.29, 1.82) is 0 Å². The second-order valence-electron chi connectivity index (χ2n) is 8.00. The first-order chi connectivity index (χ1) is 15.0. The Kier molecular flexibility index (Phi) is 8.43. The van der Waals surface area contributed by atoms with Gasteiger partial charge in [0.25, 0.3) is 11.5 Å². The number of carbonyl (C=O) groups is 2. The van der Waals surface area contributed by atoms with E-state index < -0.39 is 12.0 Å². The molecule has 0 aliphatic carbocycles. The van der Waals surface area contributed by atoms with Gasteiger partial charge in [-0.1, -0.05) is 0 Å². The van der Waals surface area contributed by atoms with Crippen LogP contribution in [0.5, 0.6) is 5.75 Å². The van der Waals surface area contributed by atoms with Gasteiger partial charge in [0.15, 0.2) is 0 Å². The van der Waals surface area contributed by atoms with Crippen molar-refractivity contribution in [3.05, 3.63) is 27.7 Å². The summed E-state index contributed by atoms with van der Waals surface area (Å²) in [7, 11) is 2.82. The fourth-order valence-corrected chi connectivity index (χ4v) is 4.96. The van der Waals surface area contributed by atoms with Crippen LogP contribution in [0.2, 0.25) is 0 Å². The van der Waals surface area contributed by atoms with Crippen LogP contribution in [0, 0.1) is 0 Å². The fraction of sp³-hybridized carbons (Fsp3) is 0.682. The Balaban J connectivity index is 1.95. The molecular weight excluding hydrogens is 418 g/mol. The zero-order valence-corrected chi connectivity index (χ0v) is 19.5. The summed E-state index contributed by atoms with van der Waals surface area (Å²) in [6, 6.07) is 0.800. The number of carbonyl (C=O) groups excluding carboxylic acids is 2. The zero-order valence-electron chi connectivity index (χ0n) is 18.7. The maximum absolute atomic E-state index is 13.7. The second-order valence-corrected chi connectivity index (χ2v) is 8.98. The molecule has 2 aliphatic rings. The molecule has 3 rings (SSSR count). The Morgan fingerprint density at radius 3 is 2.68 bits per heavy atom. The van der Waals surface area contributed by atoms with E-state index in [9.17, 15) is 14.4 Å². The third-order valence-electron chi connectivity index (χ3n) is 6.18. The van der Waals surface area contributed by atoms with E-state index in [4.69, 9.17) is 9.47 Å². The molecule has 8 nitrogen and oxygen atoms in total. The first-order valence-electron chi connectivity index (χ1n) is 10.9. The predicted molar refractivity (Wildman–Crippen MR) is 121 cm³/mol. The van der Waals surface area contributed by atoms with E-state index in [0.29, 0.717) is 37.2 Å². The monoisotopic (exact) mass is 451 g/mol. The lowest BCUT2D eigenvalue weighted by Gasteiger charge is -2.34. The van der Waals surface area contributed by atoms with Crippen molar-refractivity contribution in [2.75, 3.05) is 52.4 Å². The average molecular weight is 452 g/mol. The zero-order chi connectivity index (χ0) is 22.4. The van der Waals surface area contributed by atoms with Gasteiger partial charge in [-0.3, -0.25) is 9.59 Å². The number of likely N-dealkylation sites (tertiary alicyclic amines) is 1. The SMILES string of the molecule is COC(=O)C1CCCCN1C(=O)c1c(OC)cc(=O)n2c1CCN(CCCSC)CC2. The summed E-state index contributed by atoms with van der Waals surface area (Å²) in [5.41, 5.74) is 0.956. The second kappa shape index (κ2) is 11.0. The Morgan fingerprint density at radius 1 is 1.16 bits per heavy atom. The Labute approximate surface area is 187 Å². The van der Waals surface area contributed by atoms with Crippen molar-refractivity contribution in [2.24, 2.45) is 0 Å². The van der Waals surface area contributed by atoms with E-state index in [1.807, 2.05) is 11.8 Å². The number of pyridine rings is 1. The van der Waals surface area contributed by atoms with Gasteiger partial charge < -0.3 is 23.8 Å². The number of aromatic nitrogens is 1. The summed E-state index contributed by atoms with van der Waals surface area (Å²) in [6.45, 7) is 3.55. The van der Waals surface area contributed by atoms with Gasteiger partial charge in [0.05, 0.1) is 14.2 Å². The highest BCUT2D eigenvalue weighted by Gasteiger charge is 2.36. The largest absolute Gasteiger partial charge is 0.496 e. The van der Waals surface area contributed by atoms with E-state index >= 15 is 0 Å². The molecule has 0 N–H and O–H groups in total. The number of esters is 1. The van der Waals surface area contributed by atoms with Gasteiger partial charge in [-0.25, -0.2) is 4.79 Å². The van der Waals surface area contributed by atoms with Gasteiger partial charge in [0.1, 0.15) is 17.4 Å². The molecule has 0 radical (unpaired) electrons. The van der Waals surface area contributed by atoms with Gasteiger partial charge >= 0.3 is 5.97 Å². The van der Waals surface area contributed by atoms with Gasteiger partial charge in [-0.2, -0.15) is 11.8 Å². The van der Waals surface area contributed by atoms with E-state index in [1.165, 1.54) is 20.3 Å². The van der Waals surface area contributed by atoms with Crippen molar-refractivity contribution in [1.82, 2.24) is 14.4 Å². The van der Waals surface area contributed by atoms with Gasteiger partial charge in [0.2, 0.25) is 0 Å². The summed E-state index contributed by atoms with van der Waals surface area (Å²) in [5, 5.41) is 0. The predicted octanol–water partition coefficient (Wildman–Crippen LogP) is 1.64. The highest BCUT2D eigenvalue weighted by molar-refractivity contribution is 7.98. The molecule has 0 aromatic carbocycles. The number of thioether (sulfide) groups is 1. The molecule has 0 saturated carbocycles. The number of amides is 1. The topological polar surface area (TPSA) is 81.1 Å². The summed E-state index contributed by atoms with van der Waals surface area (Å²) in [4.78, 5) is 42.8. The molecule has 1 fully saturated rings. The minimum atomic E-state index is -0.600. The molecule has 9 heteroatoms. The van der Waals surface area contributed by atoms with Crippen LogP contribution in [0.3, 0.4) is 0 Å². The van der Waals surface area contributed by atoms with Crippen LogP contribution in [-0.4, -0.2) is 84.7 Å². The number of methoxy groups -OCH3 is 2. The smallest absolute Gasteiger partial charge is 0.328 e. The number of nitrogens with zero attached hydrogens (tertiary/aromatic N) is 3. The molecule has 2 aliphatic heterocycles. The molecule has 1 amide bonds. The number of hydrogen-bond acceptors (Lipinski definition) is 7. The third kappa shape index (κ3) is 5.26. The summed E-state index contributed by atoms with van der Waals surface area (Å²) in [5.74, 6) is 0.731. The molecular formula is C22H33N3O5S. The Hall–Kier alpha value is -2.00. The molecule has 0 spiro atoms. The maximum Gasteiger partial charge on any atom is 0.328 e. The number of ether oxygens (including phenoxy) is 2. The summed E-state index contributed by atoms with van der Waals surface area (Å²) in [6.07, 6.45) is 6.07. The summed E-state index contributed by atoms with van der Waals surface area (Å²) < 4.78 is 12.1. The molecule has 31 heavy (non-hydrogen) atoms. The molecule has 1 aromatic rings. The van der Waals surface area contributed by atoms with Crippen LogP contribution in [0.15, 0.2) is 10.9 Å². The average Bonchev–Trinajstić information content (AvgIpc) is 3.01. The normalized spacial score (nSPS) is 19.5. The third-order valence-corrected chi connectivity index (χ3v) is 6.88.